The van der Waals surface area contributed by atoms with E-state index in [1.807, 2.05) is 11.8 Å². The van der Waals surface area contributed by atoms with Crippen molar-refractivity contribution in [2.24, 2.45) is 0 Å². The van der Waals surface area contributed by atoms with E-state index in [0.717, 1.165) is 18.9 Å². The van der Waals surface area contributed by atoms with Crippen LogP contribution in [0.2, 0.25) is 0 Å². The lowest BCUT2D eigenvalue weighted by Gasteiger charge is -2.21. The Morgan fingerprint density at radius 3 is 3.00 bits per heavy atom. The van der Waals surface area contributed by atoms with Crippen molar-refractivity contribution in [1.82, 2.24) is 19.6 Å². The van der Waals surface area contributed by atoms with Gasteiger partial charge in [-0.1, -0.05) is 0 Å². The minimum absolute atomic E-state index is 0.152. The van der Waals surface area contributed by atoms with Gasteiger partial charge >= 0.3 is 5.69 Å². The summed E-state index contributed by atoms with van der Waals surface area (Å²) in [5.74, 6) is 1.37. The zero-order valence-corrected chi connectivity index (χ0v) is 10.6. The molecule has 0 unspecified atom stereocenters. The Morgan fingerprint density at radius 2 is 2.33 bits per heavy atom. The third-order valence-corrected chi connectivity index (χ3v) is 2.85. The maximum atomic E-state index is 11.5. The van der Waals surface area contributed by atoms with Crippen LogP contribution in [-0.4, -0.2) is 44.4 Å². The van der Waals surface area contributed by atoms with Crippen molar-refractivity contribution in [2.75, 3.05) is 24.6 Å². The Labute approximate surface area is 104 Å². The van der Waals surface area contributed by atoms with Gasteiger partial charge in [0.05, 0.1) is 0 Å². The third kappa shape index (κ3) is 2.21. The first kappa shape index (κ1) is 12.6. The lowest BCUT2D eigenvalue weighted by molar-refractivity contribution is 0.289. The SMILES string of the molecule is CCN(CCCO)c1cc2n[nH]c(=O)n2c(C)n1. The number of aliphatic hydroxyl groups is 1. The Morgan fingerprint density at radius 1 is 1.56 bits per heavy atom. The van der Waals surface area contributed by atoms with E-state index >= 15 is 0 Å². The van der Waals surface area contributed by atoms with Crippen molar-refractivity contribution in [3.8, 4) is 0 Å². The summed E-state index contributed by atoms with van der Waals surface area (Å²) in [6, 6.07) is 1.77. The van der Waals surface area contributed by atoms with E-state index in [1.54, 1.807) is 13.0 Å². The molecule has 7 heteroatoms. The second kappa shape index (κ2) is 5.18. The number of anilines is 1. The van der Waals surface area contributed by atoms with E-state index in [4.69, 9.17) is 5.11 Å². The van der Waals surface area contributed by atoms with Crippen LogP contribution in [0, 0.1) is 6.92 Å². The fraction of sp³-hybridized carbons (Fsp3) is 0.545. The zero-order chi connectivity index (χ0) is 13.1. The number of aromatic nitrogens is 4. The molecule has 2 aromatic heterocycles. The molecule has 2 rings (SSSR count). The van der Waals surface area contributed by atoms with Gasteiger partial charge in [0.15, 0.2) is 5.65 Å². The maximum absolute atomic E-state index is 11.5. The number of hydrogen-bond donors (Lipinski definition) is 2. The number of hydrogen-bond acceptors (Lipinski definition) is 5. The average Bonchev–Trinajstić information content (AvgIpc) is 2.72. The number of nitrogens with zero attached hydrogens (tertiary/aromatic N) is 4. The molecular formula is C11H17N5O2. The van der Waals surface area contributed by atoms with Crippen LogP contribution in [0.1, 0.15) is 19.2 Å². The van der Waals surface area contributed by atoms with Gasteiger partial charge in [-0.25, -0.2) is 19.3 Å². The third-order valence-electron chi connectivity index (χ3n) is 2.85. The molecule has 0 bridgehead atoms. The van der Waals surface area contributed by atoms with Crippen LogP contribution in [0.15, 0.2) is 10.9 Å². The molecule has 0 aliphatic carbocycles. The van der Waals surface area contributed by atoms with Gasteiger partial charge in [-0.15, -0.1) is 0 Å². The van der Waals surface area contributed by atoms with Crippen LogP contribution in [0.4, 0.5) is 5.82 Å². The van der Waals surface area contributed by atoms with Gasteiger partial charge < -0.3 is 10.0 Å². The van der Waals surface area contributed by atoms with Crippen molar-refractivity contribution >= 4 is 11.5 Å². The molecule has 2 heterocycles. The Kier molecular flexibility index (Phi) is 3.61. The van der Waals surface area contributed by atoms with Gasteiger partial charge in [0.1, 0.15) is 11.6 Å². The fourth-order valence-corrected chi connectivity index (χ4v) is 1.94. The molecule has 0 radical (unpaired) electrons. The van der Waals surface area contributed by atoms with Crippen molar-refractivity contribution in [3.05, 3.63) is 22.4 Å². The average molecular weight is 251 g/mol. The van der Waals surface area contributed by atoms with E-state index in [9.17, 15) is 4.79 Å². The molecule has 0 saturated heterocycles. The van der Waals surface area contributed by atoms with Crippen LogP contribution in [0.25, 0.3) is 5.65 Å². The highest BCUT2D eigenvalue weighted by molar-refractivity contribution is 5.51. The number of rotatable bonds is 5. The van der Waals surface area contributed by atoms with Gasteiger partial charge in [0.25, 0.3) is 0 Å². The number of aliphatic hydroxyl groups excluding tert-OH is 1. The smallest absolute Gasteiger partial charge is 0.349 e. The highest BCUT2D eigenvalue weighted by atomic mass is 16.3. The molecular weight excluding hydrogens is 234 g/mol. The fourth-order valence-electron chi connectivity index (χ4n) is 1.94. The Hall–Kier alpha value is -1.89. The van der Waals surface area contributed by atoms with E-state index in [1.165, 1.54) is 4.40 Å². The molecule has 7 nitrogen and oxygen atoms in total. The predicted octanol–water partition coefficient (Wildman–Crippen LogP) is -0.0653. The van der Waals surface area contributed by atoms with Gasteiger partial charge in [0.2, 0.25) is 0 Å². The van der Waals surface area contributed by atoms with Crippen LogP contribution >= 0.6 is 0 Å². The number of aryl methyl sites for hydroxylation is 1. The lowest BCUT2D eigenvalue weighted by atomic mass is 10.3. The summed E-state index contributed by atoms with van der Waals surface area (Å²) in [7, 11) is 0. The maximum Gasteiger partial charge on any atom is 0.349 e. The normalized spacial score (nSPS) is 11.1. The van der Waals surface area contributed by atoms with Gasteiger partial charge in [-0.05, 0) is 20.3 Å². The van der Waals surface area contributed by atoms with Gasteiger partial charge in [-0.2, -0.15) is 5.10 Å². The number of aromatic amines is 1. The number of H-pyrrole nitrogens is 1. The van der Waals surface area contributed by atoms with Crippen molar-refractivity contribution in [2.45, 2.75) is 20.3 Å². The minimum Gasteiger partial charge on any atom is -0.396 e. The van der Waals surface area contributed by atoms with Crippen LogP contribution in [-0.2, 0) is 0 Å². The van der Waals surface area contributed by atoms with Gasteiger partial charge in [0, 0.05) is 25.8 Å². The first-order chi connectivity index (χ1) is 8.67. The molecule has 18 heavy (non-hydrogen) atoms. The second-order valence-electron chi connectivity index (χ2n) is 4.04. The summed E-state index contributed by atoms with van der Waals surface area (Å²) >= 11 is 0. The summed E-state index contributed by atoms with van der Waals surface area (Å²) in [6.45, 7) is 5.46. The van der Waals surface area contributed by atoms with E-state index < -0.39 is 0 Å². The Balaban J connectivity index is 2.41. The second-order valence-corrected chi connectivity index (χ2v) is 4.04. The highest BCUT2D eigenvalue weighted by Gasteiger charge is 2.11. The molecule has 0 amide bonds. The van der Waals surface area contributed by atoms with Crippen molar-refractivity contribution in [3.63, 3.8) is 0 Å². The number of fused-ring (bicyclic) bond motifs is 1. The molecule has 0 aromatic carbocycles. The summed E-state index contributed by atoms with van der Waals surface area (Å²) < 4.78 is 1.43. The summed E-state index contributed by atoms with van der Waals surface area (Å²) in [5, 5.41) is 15.2. The summed E-state index contributed by atoms with van der Waals surface area (Å²) in [6.07, 6.45) is 0.688. The van der Waals surface area contributed by atoms with Crippen LogP contribution < -0.4 is 10.6 Å². The zero-order valence-electron chi connectivity index (χ0n) is 10.6. The van der Waals surface area contributed by atoms with E-state index in [-0.39, 0.29) is 12.3 Å². The minimum atomic E-state index is -0.278. The first-order valence-corrected chi connectivity index (χ1v) is 5.98. The topological polar surface area (TPSA) is 86.5 Å². The first-order valence-electron chi connectivity index (χ1n) is 5.98. The largest absolute Gasteiger partial charge is 0.396 e. The molecule has 0 aliphatic rings. The van der Waals surface area contributed by atoms with Crippen molar-refractivity contribution < 1.29 is 5.11 Å². The highest BCUT2D eigenvalue weighted by Crippen LogP contribution is 2.13. The van der Waals surface area contributed by atoms with E-state index in [0.29, 0.717) is 17.9 Å². The van der Waals surface area contributed by atoms with E-state index in [2.05, 4.69) is 15.2 Å². The summed E-state index contributed by atoms with van der Waals surface area (Å²) in [4.78, 5) is 17.9. The molecule has 0 fully saturated rings. The van der Waals surface area contributed by atoms with Crippen LogP contribution in [0.5, 0.6) is 0 Å². The van der Waals surface area contributed by atoms with Crippen LogP contribution in [0.3, 0.4) is 0 Å². The Bertz CT molecular complexity index is 589. The molecule has 0 atom stereocenters. The number of nitrogens with one attached hydrogen (secondary N) is 1. The molecule has 98 valence electrons. The standard InChI is InChI=1S/C11H17N5O2/c1-3-15(5-4-6-17)9-7-10-13-14-11(18)16(10)8(2)12-9/h7,17H,3-6H2,1-2H3,(H,14,18). The molecule has 2 aromatic rings. The molecule has 0 saturated carbocycles. The predicted molar refractivity (Wildman–Crippen MR) is 67.9 cm³/mol. The van der Waals surface area contributed by atoms with Crippen molar-refractivity contribution in [1.29, 1.82) is 0 Å². The molecule has 0 spiro atoms. The lowest BCUT2D eigenvalue weighted by Crippen LogP contribution is -2.26. The summed E-state index contributed by atoms with van der Waals surface area (Å²) in [5.41, 5.74) is 0.282. The molecule has 2 N–H and O–H groups in total. The monoisotopic (exact) mass is 251 g/mol. The van der Waals surface area contributed by atoms with Gasteiger partial charge in [-0.3, -0.25) is 0 Å². The molecule has 0 aliphatic heterocycles. The quantitative estimate of drug-likeness (QED) is 0.777.